The van der Waals surface area contributed by atoms with Gasteiger partial charge in [-0.2, -0.15) is 10.2 Å². The highest BCUT2D eigenvalue weighted by atomic mass is 79.9. The van der Waals surface area contributed by atoms with Crippen LogP contribution in [0.1, 0.15) is 18.9 Å². The Kier molecular flexibility index (Phi) is 2.20. The topological polar surface area (TPSA) is 24.7 Å². The molecule has 0 saturated heterocycles. The predicted octanol–water partition coefficient (Wildman–Crippen LogP) is 3.56. The number of nitrogens with zero attached hydrogens (tertiary/aromatic N) is 2. The number of hydrogen-bond acceptors (Lipinski definition) is 2. The van der Waals surface area contributed by atoms with Gasteiger partial charge in [0, 0.05) is 10.9 Å². The summed E-state index contributed by atoms with van der Waals surface area (Å²) in [6.07, 6.45) is 1.92. The van der Waals surface area contributed by atoms with E-state index in [1.54, 1.807) is 0 Å². The van der Waals surface area contributed by atoms with Crippen molar-refractivity contribution >= 4 is 15.9 Å². The van der Waals surface area contributed by atoms with Crippen molar-refractivity contribution in [2.45, 2.75) is 25.4 Å². The van der Waals surface area contributed by atoms with E-state index in [9.17, 15) is 0 Å². The van der Waals surface area contributed by atoms with Crippen LogP contribution in [0.15, 0.2) is 39.0 Å². The maximum atomic E-state index is 4.09. The Hall–Kier alpha value is -0.700. The zero-order valence-corrected chi connectivity index (χ0v) is 9.08. The summed E-state index contributed by atoms with van der Waals surface area (Å²) in [5.41, 5.74) is 1.19. The van der Waals surface area contributed by atoms with Gasteiger partial charge in [-0.05, 0) is 18.1 Å². The van der Waals surface area contributed by atoms with Crippen molar-refractivity contribution in [3.63, 3.8) is 0 Å². The van der Waals surface area contributed by atoms with Crippen LogP contribution in [0.3, 0.4) is 0 Å². The molecule has 0 radical (unpaired) electrons. The fourth-order valence-electron chi connectivity index (χ4n) is 1.35. The predicted molar refractivity (Wildman–Crippen MR) is 55.7 cm³/mol. The maximum Gasteiger partial charge on any atom is 0.194 e. The van der Waals surface area contributed by atoms with Crippen molar-refractivity contribution in [1.29, 1.82) is 0 Å². The lowest BCUT2D eigenvalue weighted by molar-refractivity contribution is 0.574. The van der Waals surface area contributed by atoms with E-state index in [2.05, 4.69) is 45.2 Å². The fraction of sp³-hybridized carbons (Fsp3) is 0.400. The lowest BCUT2D eigenvalue weighted by Crippen LogP contribution is -2.13. The molecule has 3 heteroatoms. The van der Waals surface area contributed by atoms with Crippen molar-refractivity contribution in [1.82, 2.24) is 0 Å². The molecule has 0 unspecified atom stereocenters. The van der Waals surface area contributed by atoms with E-state index in [0.717, 1.165) is 17.3 Å². The van der Waals surface area contributed by atoms with Crippen molar-refractivity contribution < 1.29 is 0 Å². The van der Waals surface area contributed by atoms with Crippen molar-refractivity contribution in [2.24, 2.45) is 10.2 Å². The van der Waals surface area contributed by atoms with E-state index in [1.807, 2.05) is 12.1 Å². The van der Waals surface area contributed by atoms with Gasteiger partial charge in [0.05, 0.1) is 0 Å². The normalized spacial score (nSPS) is 17.4. The Bertz CT molecular complexity index is 341. The standard InChI is InChI=1S/C10H11BrN2/c1-2-10(12-13-10)7-8-5-3-4-6-9(8)11/h3-6H,2,7H2,1H3. The zero-order valence-electron chi connectivity index (χ0n) is 7.50. The molecule has 0 aromatic heterocycles. The van der Waals surface area contributed by atoms with Crippen molar-refractivity contribution in [3.8, 4) is 0 Å². The monoisotopic (exact) mass is 238 g/mol. The summed E-state index contributed by atoms with van der Waals surface area (Å²) in [6, 6.07) is 8.24. The van der Waals surface area contributed by atoms with Gasteiger partial charge in [0.1, 0.15) is 0 Å². The third-order valence-corrected chi connectivity index (χ3v) is 3.15. The van der Waals surface area contributed by atoms with E-state index < -0.39 is 0 Å². The van der Waals surface area contributed by atoms with E-state index in [1.165, 1.54) is 5.56 Å². The molecule has 0 bridgehead atoms. The highest BCUT2D eigenvalue weighted by molar-refractivity contribution is 9.10. The summed E-state index contributed by atoms with van der Waals surface area (Å²) in [5.74, 6) is 0. The highest BCUT2D eigenvalue weighted by Gasteiger charge is 2.38. The number of halogens is 1. The molecule has 1 aliphatic rings. The Morgan fingerprint density at radius 1 is 1.31 bits per heavy atom. The molecule has 0 amide bonds. The van der Waals surface area contributed by atoms with Crippen LogP contribution in [0.4, 0.5) is 0 Å². The Morgan fingerprint density at radius 2 is 2.00 bits per heavy atom. The Balaban J connectivity index is 2.14. The van der Waals surface area contributed by atoms with Gasteiger partial charge in [-0.3, -0.25) is 0 Å². The molecule has 0 fully saturated rings. The van der Waals surface area contributed by atoms with Crippen LogP contribution in [0, 0.1) is 0 Å². The first kappa shape index (κ1) is 8.88. The quantitative estimate of drug-likeness (QED) is 0.770. The highest BCUT2D eigenvalue weighted by Crippen LogP contribution is 2.36. The first-order valence-electron chi connectivity index (χ1n) is 4.43. The summed E-state index contributed by atoms with van der Waals surface area (Å²) in [4.78, 5) is 0. The number of benzene rings is 1. The Labute approximate surface area is 86.2 Å². The second-order valence-electron chi connectivity index (χ2n) is 3.30. The molecule has 1 aliphatic heterocycles. The lowest BCUT2D eigenvalue weighted by atomic mass is 10.0. The van der Waals surface area contributed by atoms with Crippen LogP contribution in [0.25, 0.3) is 0 Å². The summed E-state index contributed by atoms with van der Waals surface area (Å²) >= 11 is 3.52. The van der Waals surface area contributed by atoms with E-state index in [4.69, 9.17) is 0 Å². The van der Waals surface area contributed by atoms with Crippen molar-refractivity contribution in [3.05, 3.63) is 34.3 Å². The molecular formula is C10H11BrN2. The maximum absolute atomic E-state index is 4.09. The first-order chi connectivity index (χ1) is 6.26. The first-order valence-corrected chi connectivity index (χ1v) is 5.22. The Morgan fingerprint density at radius 3 is 2.54 bits per heavy atom. The molecule has 68 valence electrons. The summed E-state index contributed by atoms with van der Waals surface area (Å²) in [6.45, 7) is 2.12. The lowest BCUT2D eigenvalue weighted by Gasteiger charge is -2.08. The number of hydrogen-bond donors (Lipinski definition) is 0. The minimum absolute atomic E-state index is 0.0934. The summed E-state index contributed by atoms with van der Waals surface area (Å²) in [5, 5.41) is 8.19. The van der Waals surface area contributed by atoms with Gasteiger partial charge in [-0.25, -0.2) is 0 Å². The van der Waals surface area contributed by atoms with E-state index in [-0.39, 0.29) is 5.66 Å². The van der Waals surface area contributed by atoms with Gasteiger partial charge >= 0.3 is 0 Å². The van der Waals surface area contributed by atoms with Gasteiger partial charge in [-0.15, -0.1) is 0 Å². The van der Waals surface area contributed by atoms with Gasteiger partial charge in [0.15, 0.2) is 5.66 Å². The minimum Gasteiger partial charge on any atom is -0.159 e. The second-order valence-corrected chi connectivity index (χ2v) is 4.16. The average Bonchev–Trinajstić information content (AvgIpc) is 2.90. The molecular weight excluding hydrogens is 228 g/mol. The van der Waals surface area contributed by atoms with Gasteiger partial charge in [0.2, 0.25) is 0 Å². The molecule has 2 nitrogen and oxygen atoms in total. The smallest absolute Gasteiger partial charge is 0.159 e. The van der Waals surface area contributed by atoms with Crippen LogP contribution in [-0.4, -0.2) is 5.66 Å². The van der Waals surface area contributed by atoms with Crippen LogP contribution >= 0.6 is 15.9 Å². The molecule has 0 spiro atoms. The summed E-state index contributed by atoms with van der Waals surface area (Å²) < 4.78 is 1.15. The van der Waals surface area contributed by atoms with Crippen LogP contribution in [-0.2, 0) is 6.42 Å². The second kappa shape index (κ2) is 3.22. The van der Waals surface area contributed by atoms with E-state index >= 15 is 0 Å². The molecule has 0 saturated carbocycles. The zero-order chi connectivity index (χ0) is 9.31. The molecule has 1 aromatic carbocycles. The molecule has 2 rings (SSSR count). The molecule has 1 heterocycles. The molecule has 0 atom stereocenters. The molecule has 13 heavy (non-hydrogen) atoms. The van der Waals surface area contributed by atoms with E-state index in [0.29, 0.717) is 0 Å². The SMILES string of the molecule is CCC1(Cc2ccccc2Br)N=N1. The molecule has 1 aromatic rings. The average molecular weight is 239 g/mol. The van der Waals surface area contributed by atoms with Gasteiger partial charge < -0.3 is 0 Å². The number of rotatable bonds is 3. The largest absolute Gasteiger partial charge is 0.194 e. The van der Waals surface area contributed by atoms with Gasteiger partial charge in [-0.1, -0.05) is 41.1 Å². The third kappa shape index (κ3) is 1.80. The molecule has 0 aliphatic carbocycles. The van der Waals surface area contributed by atoms with Crippen LogP contribution in [0.2, 0.25) is 0 Å². The molecule has 0 N–H and O–H groups in total. The van der Waals surface area contributed by atoms with Crippen LogP contribution in [0.5, 0.6) is 0 Å². The van der Waals surface area contributed by atoms with Crippen LogP contribution < -0.4 is 0 Å². The fourth-order valence-corrected chi connectivity index (χ4v) is 1.78. The minimum atomic E-state index is -0.0934. The third-order valence-electron chi connectivity index (χ3n) is 2.38. The van der Waals surface area contributed by atoms with Crippen molar-refractivity contribution in [2.75, 3.05) is 0 Å². The van der Waals surface area contributed by atoms with Gasteiger partial charge in [0.25, 0.3) is 0 Å². The summed E-state index contributed by atoms with van der Waals surface area (Å²) in [7, 11) is 0.